The lowest BCUT2D eigenvalue weighted by Crippen LogP contribution is -2.48. The molecule has 5 rings (SSSR count). The maximum atomic E-state index is 13.1. The van der Waals surface area contributed by atoms with Crippen molar-refractivity contribution in [1.82, 2.24) is 24.8 Å². The second kappa shape index (κ2) is 5.97. The molecule has 1 aliphatic heterocycles. The highest BCUT2D eigenvalue weighted by Gasteiger charge is 2.45. The number of likely N-dealkylation sites (tertiary alicyclic amines) is 1. The van der Waals surface area contributed by atoms with Crippen molar-refractivity contribution < 1.29 is 4.79 Å². The summed E-state index contributed by atoms with van der Waals surface area (Å²) in [6, 6.07) is 7.59. The largest absolute Gasteiger partial charge is 0.368 e. The molecule has 1 aromatic carbocycles. The zero-order valence-corrected chi connectivity index (χ0v) is 14.9. The van der Waals surface area contributed by atoms with Crippen LogP contribution in [0.1, 0.15) is 41.0 Å². The summed E-state index contributed by atoms with van der Waals surface area (Å²) in [5.74, 6) is 0.238. The van der Waals surface area contributed by atoms with Gasteiger partial charge in [0.2, 0.25) is 5.95 Å². The highest BCUT2D eigenvalue weighted by Crippen LogP contribution is 2.44. The molecule has 2 aliphatic rings. The Morgan fingerprint density at radius 1 is 1.07 bits per heavy atom. The van der Waals surface area contributed by atoms with Gasteiger partial charge < -0.3 is 10.6 Å². The lowest BCUT2D eigenvalue weighted by molar-refractivity contribution is 0.0627. The molecule has 1 aliphatic carbocycles. The number of fused-ring (bicyclic) bond motifs is 3. The zero-order valence-electron chi connectivity index (χ0n) is 14.9. The maximum Gasteiger partial charge on any atom is 0.274 e. The van der Waals surface area contributed by atoms with Crippen molar-refractivity contribution in [3.8, 4) is 0 Å². The Bertz CT molecular complexity index is 1050. The topological polar surface area (TPSA) is 97.9 Å². The molecule has 27 heavy (non-hydrogen) atoms. The molecule has 1 atom stereocenters. The molecular weight excluding hydrogens is 340 g/mol. The van der Waals surface area contributed by atoms with Gasteiger partial charge in [-0.3, -0.25) is 9.78 Å². The number of nitrogens with two attached hydrogens (primary N) is 1. The van der Waals surface area contributed by atoms with Gasteiger partial charge in [-0.1, -0.05) is 12.1 Å². The van der Waals surface area contributed by atoms with Crippen LogP contribution in [0.25, 0.3) is 11.0 Å². The van der Waals surface area contributed by atoms with Gasteiger partial charge >= 0.3 is 0 Å². The highest BCUT2D eigenvalue weighted by atomic mass is 16.2. The predicted molar refractivity (Wildman–Crippen MR) is 101 cm³/mol. The maximum absolute atomic E-state index is 13.1. The summed E-state index contributed by atoms with van der Waals surface area (Å²) in [5.41, 5.74) is 9.82. The van der Waals surface area contributed by atoms with Gasteiger partial charge in [0.25, 0.3) is 5.91 Å². The summed E-state index contributed by atoms with van der Waals surface area (Å²) in [6.07, 6.45) is 7.29. The number of nitrogens with zero attached hydrogens (tertiary/aromatic N) is 5. The van der Waals surface area contributed by atoms with E-state index >= 15 is 0 Å². The highest BCUT2D eigenvalue weighted by molar-refractivity contribution is 5.94. The minimum Gasteiger partial charge on any atom is -0.368 e. The Kier molecular flexibility index (Phi) is 3.56. The summed E-state index contributed by atoms with van der Waals surface area (Å²) in [4.78, 5) is 32.6. The fourth-order valence-electron chi connectivity index (χ4n) is 4.48. The molecule has 3 heterocycles. The Morgan fingerprint density at radius 3 is 2.81 bits per heavy atom. The van der Waals surface area contributed by atoms with E-state index in [4.69, 9.17) is 5.73 Å². The van der Waals surface area contributed by atoms with E-state index in [-0.39, 0.29) is 11.3 Å². The van der Waals surface area contributed by atoms with Crippen LogP contribution < -0.4 is 5.73 Å². The third-order valence-corrected chi connectivity index (χ3v) is 5.79. The molecule has 3 aromatic rings. The average Bonchev–Trinajstić information content (AvgIpc) is 3.04. The molecular formula is C20H20N6O. The number of nitrogen functional groups attached to an aromatic ring is 1. The predicted octanol–water partition coefficient (Wildman–Crippen LogP) is 2.12. The number of carbonyl (C=O) groups excluding carboxylic acids is 1. The van der Waals surface area contributed by atoms with Gasteiger partial charge in [0, 0.05) is 24.7 Å². The van der Waals surface area contributed by atoms with Crippen LogP contribution in [0.4, 0.5) is 5.95 Å². The number of amides is 1. The van der Waals surface area contributed by atoms with Crippen molar-refractivity contribution in [1.29, 1.82) is 0 Å². The Morgan fingerprint density at radius 2 is 1.93 bits per heavy atom. The Hall–Kier alpha value is -3.09. The lowest BCUT2D eigenvalue weighted by Gasteiger charge is -2.40. The van der Waals surface area contributed by atoms with E-state index in [1.54, 1.807) is 6.20 Å². The molecule has 2 N–H and O–H groups in total. The van der Waals surface area contributed by atoms with Crippen LogP contribution >= 0.6 is 0 Å². The van der Waals surface area contributed by atoms with E-state index in [0.717, 1.165) is 54.5 Å². The number of aryl methyl sites for hydroxylation is 1. The van der Waals surface area contributed by atoms with E-state index in [9.17, 15) is 4.79 Å². The smallest absolute Gasteiger partial charge is 0.274 e. The average molecular weight is 360 g/mol. The lowest BCUT2D eigenvalue weighted by atomic mass is 9.77. The summed E-state index contributed by atoms with van der Waals surface area (Å²) in [6.45, 7) is 1.37. The second-order valence-corrected chi connectivity index (χ2v) is 7.46. The zero-order chi connectivity index (χ0) is 18.4. The van der Waals surface area contributed by atoms with Gasteiger partial charge in [0.15, 0.2) is 0 Å². The second-order valence-electron chi connectivity index (χ2n) is 7.46. The molecule has 0 saturated carbocycles. The molecule has 1 spiro atoms. The molecule has 1 unspecified atom stereocenters. The van der Waals surface area contributed by atoms with Gasteiger partial charge in [0.05, 0.1) is 22.9 Å². The standard InChI is InChI=1S/C20H20N6O/c21-19-23-10-13-6-8-20(17(13)25-19)7-3-9-26(12-20)18(27)16-11-22-14-4-1-2-5-15(14)24-16/h1-2,4-5,10-11H,3,6-9,12H2,(H2,21,23,25). The number of para-hydroxylation sites is 2. The number of piperidine rings is 1. The van der Waals surface area contributed by atoms with E-state index in [0.29, 0.717) is 18.2 Å². The van der Waals surface area contributed by atoms with Crippen molar-refractivity contribution in [2.24, 2.45) is 0 Å². The minimum absolute atomic E-state index is 0.0668. The number of rotatable bonds is 1. The van der Waals surface area contributed by atoms with Crippen molar-refractivity contribution in [3.63, 3.8) is 0 Å². The van der Waals surface area contributed by atoms with Crippen LogP contribution in [0.2, 0.25) is 0 Å². The molecule has 7 heteroatoms. The normalized spacial score (nSPS) is 21.6. The van der Waals surface area contributed by atoms with Gasteiger partial charge in [-0.2, -0.15) is 0 Å². The van der Waals surface area contributed by atoms with Crippen LogP contribution in [0, 0.1) is 0 Å². The van der Waals surface area contributed by atoms with Crippen molar-refractivity contribution in [3.05, 3.63) is 53.6 Å². The monoisotopic (exact) mass is 360 g/mol. The molecule has 7 nitrogen and oxygen atoms in total. The summed E-state index contributed by atoms with van der Waals surface area (Å²) < 4.78 is 0. The molecule has 0 radical (unpaired) electrons. The summed E-state index contributed by atoms with van der Waals surface area (Å²) in [7, 11) is 0. The third-order valence-electron chi connectivity index (χ3n) is 5.79. The van der Waals surface area contributed by atoms with E-state index in [2.05, 4.69) is 19.9 Å². The molecule has 1 amide bonds. The van der Waals surface area contributed by atoms with Gasteiger partial charge in [-0.05, 0) is 43.4 Å². The minimum atomic E-state index is -0.120. The van der Waals surface area contributed by atoms with E-state index in [1.165, 1.54) is 0 Å². The van der Waals surface area contributed by atoms with Crippen LogP contribution in [-0.2, 0) is 11.8 Å². The van der Waals surface area contributed by atoms with Crippen LogP contribution in [-0.4, -0.2) is 43.8 Å². The van der Waals surface area contributed by atoms with Gasteiger partial charge in [-0.15, -0.1) is 0 Å². The Balaban J connectivity index is 1.46. The number of hydrogen-bond acceptors (Lipinski definition) is 6. The van der Waals surface area contributed by atoms with Crippen molar-refractivity contribution in [2.75, 3.05) is 18.8 Å². The summed E-state index contributed by atoms with van der Waals surface area (Å²) >= 11 is 0. The molecule has 136 valence electrons. The fraction of sp³-hybridized carbons (Fsp3) is 0.350. The molecule has 1 saturated heterocycles. The molecule has 2 aromatic heterocycles. The number of hydrogen-bond donors (Lipinski definition) is 1. The van der Waals surface area contributed by atoms with Crippen LogP contribution in [0.15, 0.2) is 36.7 Å². The number of anilines is 1. The summed E-state index contributed by atoms with van der Waals surface area (Å²) in [5, 5.41) is 0. The Labute approximate surface area is 156 Å². The first-order chi connectivity index (χ1) is 13.1. The van der Waals surface area contributed by atoms with Crippen molar-refractivity contribution >= 4 is 22.9 Å². The van der Waals surface area contributed by atoms with Crippen LogP contribution in [0.3, 0.4) is 0 Å². The SMILES string of the molecule is Nc1ncc2c(n1)C1(CCCN(C(=O)c3cnc4ccccc4n3)C1)CC2. The first kappa shape index (κ1) is 16.1. The van der Waals surface area contributed by atoms with Crippen molar-refractivity contribution in [2.45, 2.75) is 31.1 Å². The van der Waals surface area contributed by atoms with E-state index in [1.807, 2.05) is 35.4 Å². The van der Waals surface area contributed by atoms with Crippen LogP contribution in [0.5, 0.6) is 0 Å². The molecule has 1 fully saturated rings. The van der Waals surface area contributed by atoms with E-state index < -0.39 is 0 Å². The number of carbonyl (C=O) groups is 1. The number of aromatic nitrogens is 4. The quantitative estimate of drug-likeness (QED) is 0.714. The third kappa shape index (κ3) is 2.61. The van der Waals surface area contributed by atoms with Gasteiger partial charge in [-0.25, -0.2) is 15.0 Å². The first-order valence-corrected chi connectivity index (χ1v) is 9.28. The number of benzene rings is 1. The van der Waals surface area contributed by atoms with Gasteiger partial charge in [0.1, 0.15) is 5.69 Å². The fourth-order valence-corrected chi connectivity index (χ4v) is 4.48. The first-order valence-electron chi connectivity index (χ1n) is 9.28. The molecule has 0 bridgehead atoms.